The van der Waals surface area contributed by atoms with Crippen LogP contribution < -0.4 is 10.4 Å². The Bertz CT molecular complexity index is 1190. The molecular weight excluding hydrogens is 516 g/mol. The highest BCUT2D eigenvalue weighted by Gasteiger charge is 2.61. The van der Waals surface area contributed by atoms with E-state index in [4.69, 9.17) is 5.21 Å². The van der Waals surface area contributed by atoms with Crippen molar-refractivity contribution in [3.8, 4) is 0 Å². The van der Waals surface area contributed by atoms with Crippen LogP contribution >= 0.6 is 0 Å². The van der Waals surface area contributed by atoms with E-state index in [1.165, 1.54) is 12.4 Å². The van der Waals surface area contributed by atoms with E-state index in [1.807, 2.05) is 76.2 Å². The molecule has 0 aromatic carbocycles. The Morgan fingerprint density at radius 1 is 1.15 bits per heavy atom. The second-order valence-electron chi connectivity index (χ2n) is 9.93. The van der Waals surface area contributed by atoms with Gasteiger partial charge in [-0.25, -0.2) is 23.9 Å². The van der Waals surface area contributed by atoms with Crippen molar-refractivity contribution in [2.45, 2.75) is 46.1 Å². The molecule has 0 spiro atoms. The van der Waals surface area contributed by atoms with Gasteiger partial charge in [-0.2, -0.15) is 4.31 Å². The maximum absolute atomic E-state index is 14.0. The minimum atomic E-state index is -3.68. The van der Waals surface area contributed by atoms with Gasteiger partial charge in [-0.05, 0) is 63.4 Å². The molecule has 0 radical (unpaired) electrons. The van der Waals surface area contributed by atoms with E-state index >= 15 is 0 Å². The third-order valence-electron chi connectivity index (χ3n) is 7.00. The molecule has 214 valence electrons. The average molecular weight is 559 g/mol. The highest BCUT2D eigenvalue weighted by molar-refractivity contribution is 7.93. The number of carbonyl (C=O) groups excluding carboxylic acids is 1. The van der Waals surface area contributed by atoms with Crippen LogP contribution in [0.1, 0.15) is 50.4 Å². The van der Waals surface area contributed by atoms with Gasteiger partial charge in [0.25, 0.3) is 5.91 Å². The van der Waals surface area contributed by atoms with Crippen molar-refractivity contribution in [1.29, 1.82) is 0 Å². The highest BCUT2D eigenvalue weighted by atomic mass is 32.2. The number of amides is 1. The number of hydrogen-bond donors (Lipinski definition) is 2. The molecule has 4 rings (SSSR count). The van der Waals surface area contributed by atoms with Gasteiger partial charge in [0, 0.05) is 38.1 Å². The van der Waals surface area contributed by atoms with E-state index in [0.29, 0.717) is 36.9 Å². The summed E-state index contributed by atoms with van der Waals surface area (Å²) in [6, 6.07) is -0.0525. The zero-order valence-electron chi connectivity index (χ0n) is 23.6. The first-order valence-corrected chi connectivity index (χ1v) is 15.1. The van der Waals surface area contributed by atoms with E-state index in [-0.39, 0.29) is 23.4 Å². The minimum absolute atomic E-state index is 0.0525. The predicted molar refractivity (Wildman–Crippen MR) is 154 cm³/mol. The molecule has 2 fully saturated rings. The largest absolute Gasteiger partial charge is 0.340 e. The number of fused-ring (bicyclic) bond motifs is 1. The average Bonchev–Trinajstić information content (AvgIpc) is 3.41. The molecule has 10 nitrogen and oxygen atoms in total. The van der Waals surface area contributed by atoms with Crippen LogP contribution in [0.2, 0.25) is 0 Å². The van der Waals surface area contributed by atoms with Crippen molar-refractivity contribution in [2.75, 3.05) is 45.2 Å². The summed E-state index contributed by atoms with van der Waals surface area (Å²) in [5.74, 6) is 0.230. The lowest BCUT2D eigenvalue weighted by Gasteiger charge is -2.28. The Labute approximate surface area is 232 Å². The van der Waals surface area contributed by atoms with Gasteiger partial charge in [-0.15, -0.1) is 0 Å². The zero-order valence-corrected chi connectivity index (χ0v) is 24.4. The number of hydrogen-bond acceptors (Lipinski definition) is 8. The molecule has 2 aliphatic carbocycles. The molecule has 1 saturated carbocycles. The van der Waals surface area contributed by atoms with Gasteiger partial charge in [0.15, 0.2) is 0 Å². The fourth-order valence-corrected chi connectivity index (χ4v) is 7.07. The molecule has 3 aliphatic rings. The van der Waals surface area contributed by atoms with Crippen molar-refractivity contribution >= 4 is 21.9 Å². The predicted octanol–water partition coefficient (Wildman–Crippen LogP) is 3.38. The van der Waals surface area contributed by atoms with Crippen LogP contribution in [0.5, 0.6) is 0 Å². The molecule has 2 atom stereocenters. The van der Waals surface area contributed by atoms with Crippen LogP contribution in [0.3, 0.4) is 0 Å². The Hall–Kier alpha value is -2.86. The number of rotatable bonds is 11. The number of piperidine rings is 1. The molecule has 2 N–H and O–H groups in total. The molecule has 2 unspecified atom stereocenters. The van der Waals surface area contributed by atoms with Crippen LogP contribution in [-0.2, 0) is 10.0 Å². The fraction of sp³-hybridized carbons (Fsp3) is 0.536. The summed E-state index contributed by atoms with van der Waals surface area (Å²) in [6.45, 7) is 8.55. The lowest BCUT2D eigenvalue weighted by atomic mass is 10.1. The van der Waals surface area contributed by atoms with Gasteiger partial charge in [0.05, 0.1) is 10.5 Å². The summed E-state index contributed by atoms with van der Waals surface area (Å²) in [6.07, 6.45) is 16.4. The Morgan fingerprint density at radius 3 is 2.36 bits per heavy atom. The zero-order chi connectivity index (χ0) is 28.6. The summed E-state index contributed by atoms with van der Waals surface area (Å²) in [7, 11) is 0.310. The summed E-state index contributed by atoms with van der Waals surface area (Å²) in [4.78, 5) is 24.5. The van der Waals surface area contributed by atoms with Crippen molar-refractivity contribution < 1.29 is 18.4 Å². The number of sulfonamides is 1. The second kappa shape index (κ2) is 14.0. The minimum Gasteiger partial charge on any atom is -0.340 e. The Kier molecular flexibility index (Phi) is 11.0. The maximum Gasteiger partial charge on any atom is 0.277 e. The lowest BCUT2D eigenvalue weighted by Crippen LogP contribution is -2.41. The lowest BCUT2D eigenvalue weighted by molar-refractivity contribution is 0.0705. The van der Waals surface area contributed by atoms with Gasteiger partial charge in [0.2, 0.25) is 16.0 Å². The molecule has 1 amide bonds. The van der Waals surface area contributed by atoms with E-state index in [0.717, 1.165) is 25.0 Å². The molecule has 39 heavy (non-hydrogen) atoms. The van der Waals surface area contributed by atoms with Gasteiger partial charge < -0.3 is 9.80 Å². The van der Waals surface area contributed by atoms with Crippen molar-refractivity contribution in [3.63, 3.8) is 0 Å². The van der Waals surface area contributed by atoms with E-state index in [2.05, 4.69) is 14.9 Å². The number of nitrogens with one attached hydrogen (secondary N) is 1. The number of aromatic nitrogens is 2. The number of nitrogens with zero attached hydrogens (tertiary/aromatic N) is 5. The number of hydroxylamine groups is 1. The summed E-state index contributed by atoms with van der Waals surface area (Å²) < 4.78 is 29.8. The summed E-state index contributed by atoms with van der Waals surface area (Å²) >= 11 is 0. The third-order valence-corrected chi connectivity index (χ3v) is 8.92. The Balaban J connectivity index is 0.00000205. The van der Waals surface area contributed by atoms with Crippen LogP contribution in [-0.4, -0.2) is 85.0 Å². The SMILES string of the molecule is CC.CC/C=C(\C=C1\C=CC=CC1)S(=O)(=O)N(CCCN(C)C)C1C2CN(c3ncc(C(=O)NO)cn3)CC21. The highest BCUT2D eigenvalue weighted by Crippen LogP contribution is 2.51. The molecular formula is C28H42N6O4S. The molecule has 1 aromatic rings. The molecule has 1 aromatic heterocycles. The van der Waals surface area contributed by atoms with Crippen LogP contribution in [0, 0.1) is 11.8 Å². The van der Waals surface area contributed by atoms with Crippen LogP contribution in [0.25, 0.3) is 0 Å². The Morgan fingerprint density at radius 2 is 1.82 bits per heavy atom. The van der Waals surface area contributed by atoms with Crippen molar-refractivity contribution in [1.82, 2.24) is 24.7 Å². The normalized spacial score (nSPS) is 23.2. The first-order chi connectivity index (χ1) is 18.8. The van der Waals surface area contributed by atoms with Crippen molar-refractivity contribution in [3.05, 3.63) is 64.9 Å². The first kappa shape index (κ1) is 30.7. The smallest absolute Gasteiger partial charge is 0.277 e. The van der Waals surface area contributed by atoms with Crippen LogP contribution in [0.15, 0.2) is 59.3 Å². The van der Waals surface area contributed by atoms with Crippen LogP contribution in [0.4, 0.5) is 5.95 Å². The summed E-state index contributed by atoms with van der Waals surface area (Å²) in [5, 5.41) is 8.78. The van der Waals surface area contributed by atoms with Gasteiger partial charge in [-0.1, -0.05) is 51.2 Å². The first-order valence-electron chi connectivity index (χ1n) is 13.7. The van der Waals surface area contributed by atoms with Gasteiger partial charge in [-0.3, -0.25) is 10.0 Å². The molecule has 1 saturated heterocycles. The fourth-order valence-electron chi connectivity index (χ4n) is 5.12. The topological polar surface area (TPSA) is 119 Å². The number of carbonyl (C=O) groups is 1. The molecule has 1 aliphatic heterocycles. The second-order valence-corrected chi connectivity index (χ2v) is 11.8. The van der Waals surface area contributed by atoms with Gasteiger partial charge >= 0.3 is 0 Å². The summed E-state index contributed by atoms with van der Waals surface area (Å²) in [5.41, 5.74) is 2.72. The molecule has 0 bridgehead atoms. The van der Waals surface area contributed by atoms with Crippen molar-refractivity contribution in [2.24, 2.45) is 11.8 Å². The number of anilines is 1. The maximum atomic E-state index is 14.0. The van der Waals surface area contributed by atoms with E-state index in [1.54, 1.807) is 9.79 Å². The van der Waals surface area contributed by atoms with Gasteiger partial charge in [0.1, 0.15) is 0 Å². The quantitative estimate of drug-likeness (QED) is 0.314. The third kappa shape index (κ3) is 7.42. The molecule has 11 heteroatoms. The standard InChI is InChI=1S/C26H36N6O4S.C2H6/c1-4-9-21(14-19-10-6-5-7-11-19)37(35,36)32(13-8-12-30(2)3)24-22-17-31(18-23(22)24)26-27-15-20(16-28-26)25(33)29-34;1-2/h5-7,9-10,14-16,22-24,34H,4,8,11-13,17-18H2,1-3H3,(H,29,33);1-2H3/b19-14-,21-9+;. The monoisotopic (exact) mass is 558 g/mol. The molecule has 2 heterocycles. The van der Waals surface area contributed by atoms with E-state index in [9.17, 15) is 13.2 Å². The number of allylic oxidation sites excluding steroid dienone is 7. The van der Waals surface area contributed by atoms with E-state index < -0.39 is 15.9 Å².